The first-order valence-corrected chi connectivity index (χ1v) is 8.33. The predicted octanol–water partition coefficient (Wildman–Crippen LogP) is 4.27. The van der Waals surface area contributed by atoms with Gasteiger partial charge in [-0.3, -0.25) is 4.79 Å². The minimum atomic E-state index is -0.190. The molecule has 2 aromatic carbocycles. The van der Waals surface area contributed by atoms with E-state index in [1.807, 2.05) is 47.1 Å². The molecule has 4 nitrogen and oxygen atoms in total. The molecule has 0 radical (unpaired) electrons. The van der Waals surface area contributed by atoms with Crippen molar-refractivity contribution in [3.05, 3.63) is 76.6 Å². The lowest BCUT2D eigenvalue weighted by Gasteiger charge is -2.05. The lowest BCUT2D eigenvalue weighted by atomic mass is 10.2. The van der Waals surface area contributed by atoms with Crippen molar-refractivity contribution in [3.8, 4) is 5.69 Å². The fourth-order valence-corrected chi connectivity index (χ4v) is 3.35. The third-order valence-electron chi connectivity index (χ3n) is 4.23. The Morgan fingerprint density at radius 3 is 2.71 bits per heavy atom. The highest BCUT2D eigenvalue weighted by Crippen LogP contribution is 2.28. The smallest absolute Gasteiger partial charge is 0.276 e. The Labute approximate surface area is 145 Å². The van der Waals surface area contributed by atoms with Gasteiger partial charge in [0, 0.05) is 22.0 Å². The molecule has 0 unspecified atom stereocenters. The van der Waals surface area contributed by atoms with Gasteiger partial charge in [-0.05, 0) is 49.6 Å². The zero-order valence-corrected chi connectivity index (χ0v) is 13.8. The van der Waals surface area contributed by atoms with Crippen LogP contribution in [0, 0.1) is 0 Å². The molecule has 1 heterocycles. The summed E-state index contributed by atoms with van der Waals surface area (Å²) in [7, 11) is 0. The second kappa shape index (κ2) is 6.13. The van der Waals surface area contributed by atoms with Crippen molar-refractivity contribution < 1.29 is 4.79 Å². The highest BCUT2D eigenvalue weighted by Gasteiger charge is 2.26. The predicted molar refractivity (Wildman–Crippen MR) is 95.0 cm³/mol. The van der Waals surface area contributed by atoms with Gasteiger partial charge in [0.25, 0.3) is 5.91 Å². The molecule has 1 amide bonds. The number of amides is 1. The standard InChI is InChI=1S/C19H16ClN3O/c20-13-6-4-7-14(12-13)21-19(24)18-16-10-5-11-17(16)23(22-18)15-8-2-1-3-9-15/h1-4,6-9,12H,5,10-11H2,(H,21,24). The Morgan fingerprint density at radius 2 is 1.92 bits per heavy atom. The Morgan fingerprint density at radius 1 is 1.08 bits per heavy atom. The topological polar surface area (TPSA) is 46.9 Å². The van der Waals surface area contributed by atoms with E-state index in [1.165, 1.54) is 0 Å². The van der Waals surface area contributed by atoms with Crippen LogP contribution in [0.2, 0.25) is 5.02 Å². The van der Waals surface area contributed by atoms with Crippen LogP contribution in [0.3, 0.4) is 0 Å². The van der Waals surface area contributed by atoms with E-state index >= 15 is 0 Å². The van der Waals surface area contributed by atoms with Crippen molar-refractivity contribution in [3.63, 3.8) is 0 Å². The molecular formula is C19H16ClN3O. The number of hydrogen-bond acceptors (Lipinski definition) is 2. The van der Waals surface area contributed by atoms with Crippen LogP contribution in [0.15, 0.2) is 54.6 Å². The van der Waals surface area contributed by atoms with Gasteiger partial charge in [0.1, 0.15) is 0 Å². The third kappa shape index (κ3) is 2.69. The third-order valence-corrected chi connectivity index (χ3v) is 4.46. The first kappa shape index (κ1) is 15.0. The van der Waals surface area contributed by atoms with Crippen molar-refractivity contribution in [1.82, 2.24) is 9.78 Å². The minimum Gasteiger partial charge on any atom is -0.321 e. The van der Waals surface area contributed by atoms with Crippen molar-refractivity contribution in [2.45, 2.75) is 19.3 Å². The summed E-state index contributed by atoms with van der Waals surface area (Å²) in [5.74, 6) is -0.190. The molecular weight excluding hydrogens is 322 g/mol. The maximum atomic E-state index is 12.7. The molecule has 0 aliphatic heterocycles. The van der Waals surface area contributed by atoms with E-state index in [4.69, 9.17) is 11.6 Å². The molecule has 0 atom stereocenters. The number of para-hydroxylation sites is 1. The number of hydrogen-bond donors (Lipinski definition) is 1. The summed E-state index contributed by atoms with van der Waals surface area (Å²) in [4.78, 5) is 12.7. The number of carbonyl (C=O) groups is 1. The fraction of sp³-hybridized carbons (Fsp3) is 0.158. The van der Waals surface area contributed by atoms with Gasteiger partial charge in [0.2, 0.25) is 0 Å². The van der Waals surface area contributed by atoms with E-state index in [0.717, 1.165) is 36.2 Å². The van der Waals surface area contributed by atoms with Crippen molar-refractivity contribution in [2.24, 2.45) is 0 Å². The van der Waals surface area contributed by atoms with Crippen LogP contribution >= 0.6 is 11.6 Å². The highest BCUT2D eigenvalue weighted by atomic mass is 35.5. The van der Waals surface area contributed by atoms with Gasteiger partial charge >= 0.3 is 0 Å². The molecule has 3 aromatic rings. The quantitative estimate of drug-likeness (QED) is 0.776. The normalized spacial score (nSPS) is 12.9. The average molecular weight is 338 g/mol. The van der Waals surface area contributed by atoms with Crippen molar-refractivity contribution in [1.29, 1.82) is 0 Å². The second-order valence-electron chi connectivity index (χ2n) is 5.84. The monoisotopic (exact) mass is 337 g/mol. The van der Waals surface area contributed by atoms with Crippen LogP contribution in [-0.2, 0) is 12.8 Å². The number of halogens is 1. The van der Waals surface area contributed by atoms with Gasteiger partial charge in [-0.2, -0.15) is 5.10 Å². The van der Waals surface area contributed by atoms with E-state index in [1.54, 1.807) is 12.1 Å². The number of benzene rings is 2. The lowest BCUT2D eigenvalue weighted by Crippen LogP contribution is -2.14. The Balaban J connectivity index is 1.70. The molecule has 0 saturated carbocycles. The van der Waals surface area contributed by atoms with Gasteiger partial charge in [0.15, 0.2) is 5.69 Å². The molecule has 1 aliphatic rings. The molecule has 4 rings (SSSR count). The van der Waals surface area contributed by atoms with Gasteiger partial charge in [-0.25, -0.2) is 4.68 Å². The molecule has 0 bridgehead atoms. The first-order chi connectivity index (χ1) is 11.7. The highest BCUT2D eigenvalue weighted by molar-refractivity contribution is 6.30. The molecule has 0 saturated heterocycles. The van der Waals surface area contributed by atoms with E-state index < -0.39 is 0 Å². The lowest BCUT2D eigenvalue weighted by molar-refractivity contribution is 0.102. The summed E-state index contributed by atoms with van der Waals surface area (Å²) in [5, 5.41) is 8.08. The van der Waals surface area contributed by atoms with E-state index in [9.17, 15) is 4.79 Å². The zero-order chi connectivity index (χ0) is 16.5. The summed E-state index contributed by atoms with van der Waals surface area (Å²) in [6.07, 6.45) is 2.89. The van der Waals surface area contributed by atoms with E-state index in [2.05, 4.69) is 10.4 Å². The van der Waals surface area contributed by atoms with Gasteiger partial charge in [-0.15, -0.1) is 0 Å². The SMILES string of the molecule is O=C(Nc1cccc(Cl)c1)c1nn(-c2ccccc2)c2c1CCC2. The largest absolute Gasteiger partial charge is 0.321 e. The number of rotatable bonds is 3. The summed E-state index contributed by atoms with van der Waals surface area (Å²) < 4.78 is 1.90. The minimum absolute atomic E-state index is 0.190. The number of nitrogens with one attached hydrogen (secondary N) is 1. The summed E-state index contributed by atoms with van der Waals surface area (Å²) in [5.41, 5.74) is 4.35. The van der Waals surface area contributed by atoms with Gasteiger partial charge < -0.3 is 5.32 Å². The van der Waals surface area contributed by atoms with E-state index in [-0.39, 0.29) is 5.91 Å². The molecule has 24 heavy (non-hydrogen) atoms. The maximum absolute atomic E-state index is 12.7. The van der Waals surface area contributed by atoms with Crippen LogP contribution in [-0.4, -0.2) is 15.7 Å². The zero-order valence-electron chi connectivity index (χ0n) is 13.0. The Hall–Kier alpha value is -2.59. The number of anilines is 1. The van der Waals surface area contributed by atoms with Gasteiger partial charge in [0.05, 0.1) is 5.69 Å². The van der Waals surface area contributed by atoms with Crippen LogP contribution in [0.5, 0.6) is 0 Å². The molecule has 5 heteroatoms. The Bertz CT molecular complexity index is 902. The molecule has 1 aliphatic carbocycles. The van der Waals surface area contributed by atoms with E-state index in [0.29, 0.717) is 16.4 Å². The second-order valence-corrected chi connectivity index (χ2v) is 6.28. The maximum Gasteiger partial charge on any atom is 0.276 e. The molecule has 120 valence electrons. The van der Waals surface area contributed by atoms with Crippen LogP contribution in [0.25, 0.3) is 5.69 Å². The first-order valence-electron chi connectivity index (χ1n) is 7.95. The number of nitrogens with zero attached hydrogens (tertiary/aromatic N) is 2. The fourth-order valence-electron chi connectivity index (χ4n) is 3.16. The van der Waals surface area contributed by atoms with Crippen molar-refractivity contribution >= 4 is 23.2 Å². The summed E-state index contributed by atoms with van der Waals surface area (Å²) in [6.45, 7) is 0. The Kier molecular flexibility index (Phi) is 3.82. The molecule has 1 N–H and O–H groups in total. The molecule has 1 aromatic heterocycles. The number of aromatic nitrogens is 2. The number of fused-ring (bicyclic) bond motifs is 1. The van der Waals surface area contributed by atoms with Crippen molar-refractivity contribution in [2.75, 3.05) is 5.32 Å². The van der Waals surface area contributed by atoms with Crippen LogP contribution in [0.1, 0.15) is 28.2 Å². The number of carbonyl (C=O) groups excluding carboxylic acids is 1. The van der Waals surface area contributed by atoms with Crippen LogP contribution < -0.4 is 5.32 Å². The summed E-state index contributed by atoms with van der Waals surface area (Å²) >= 11 is 5.98. The molecule has 0 fully saturated rings. The summed E-state index contributed by atoms with van der Waals surface area (Å²) in [6, 6.07) is 17.1. The molecule has 0 spiro atoms. The van der Waals surface area contributed by atoms with Crippen LogP contribution in [0.4, 0.5) is 5.69 Å². The average Bonchev–Trinajstić information content (AvgIpc) is 3.17. The van der Waals surface area contributed by atoms with Gasteiger partial charge in [-0.1, -0.05) is 35.9 Å².